The van der Waals surface area contributed by atoms with Crippen molar-refractivity contribution in [1.82, 2.24) is 36.6 Å². The van der Waals surface area contributed by atoms with Crippen LogP contribution in [0.1, 0.15) is 24.2 Å². The van der Waals surface area contributed by atoms with Crippen molar-refractivity contribution in [1.29, 1.82) is 0 Å². The Bertz CT molecular complexity index is 882. The highest BCUT2D eigenvalue weighted by molar-refractivity contribution is 6.02. The van der Waals surface area contributed by atoms with Crippen molar-refractivity contribution in [3.05, 3.63) is 47.8 Å². The lowest BCUT2D eigenvalue weighted by atomic mass is 10.1. The maximum atomic E-state index is 4.95. The Hall–Kier alpha value is -2.16. The molecule has 3 aromatic rings. The first-order valence-electron chi connectivity index (χ1n) is 11.6. The molecule has 31 heavy (non-hydrogen) atoms. The maximum absolute atomic E-state index is 4.95. The maximum Gasteiger partial charge on any atom is 0.0968 e. The highest BCUT2D eigenvalue weighted by Gasteiger charge is 2.07. The minimum absolute atomic E-state index is 0.780. The van der Waals surface area contributed by atoms with Crippen LogP contribution in [0.25, 0.3) is 21.8 Å². The number of fused-ring (bicyclic) bond motifs is 2. The Balaban J connectivity index is 1.47. The Labute approximate surface area is 184 Å². The minimum Gasteiger partial charge on any atom is -0.315 e. The number of nitrogens with one attached hydrogen (secondary N) is 5. The van der Waals surface area contributed by atoms with Crippen LogP contribution >= 0.6 is 0 Å². The molecule has 2 aromatic heterocycles. The lowest BCUT2D eigenvalue weighted by Gasteiger charge is -2.09. The third-order valence-electron chi connectivity index (χ3n) is 5.62. The van der Waals surface area contributed by atoms with Crippen LogP contribution in [0.15, 0.2) is 36.4 Å². The number of hydrogen-bond donors (Lipinski definition) is 5. The van der Waals surface area contributed by atoms with E-state index in [9.17, 15) is 0 Å². The van der Waals surface area contributed by atoms with Crippen LogP contribution in [0.2, 0.25) is 0 Å². The summed E-state index contributed by atoms with van der Waals surface area (Å²) in [6.07, 6.45) is 2.21. The van der Waals surface area contributed by atoms with E-state index in [4.69, 9.17) is 9.97 Å². The molecule has 0 amide bonds. The summed E-state index contributed by atoms with van der Waals surface area (Å²) in [7, 11) is 0. The van der Waals surface area contributed by atoms with Gasteiger partial charge in [0.05, 0.1) is 22.4 Å². The smallest absolute Gasteiger partial charge is 0.0968 e. The van der Waals surface area contributed by atoms with E-state index in [2.05, 4.69) is 63.0 Å². The number of pyridine rings is 2. The largest absolute Gasteiger partial charge is 0.315 e. The van der Waals surface area contributed by atoms with Gasteiger partial charge in [0.25, 0.3) is 0 Å². The summed E-state index contributed by atoms with van der Waals surface area (Å²) in [5.41, 5.74) is 4.12. The van der Waals surface area contributed by atoms with Gasteiger partial charge in [0.2, 0.25) is 0 Å². The molecule has 7 nitrogen and oxygen atoms in total. The summed E-state index contributed by atoms with van der Waals surface area (Å²) in [5.74, 6) is 0. The molecule has 0 spiro atoms. The van der Waals surface area contributed by atoms with E-state index >= 15 is 0 Å². The van der Waals surface area contributed by atoms with E-state index in [-0.39, 0.29) is 0 Å². The first-order chi connectivity index (χ1) is 15.4. The van der Waals surface area contributed by atoms with E-state index in [0.29, 0.717) is 0 Å². The van der Waals surface area contributed by atoms with Crippen molar-refractivity contribution < 1.29 is 0 Å². The van der Waals surface area contributed by atoms with Crippen LogP contribution < -0.4 is 26.6 Å². The fraction of sp³-hybridized carbons (Fsp3) is 0.500. The monoisotopic (exact) mass is 421 g/mol. The summed E-state index contributed by atoms with van der Waals surface area (Å²) in [4.78, 5) is 9.91. The molecule has 1 aromatic carbocycles. The molecular weight excluding hydrogens is 386 g/mol. The van der Waals surface area contributed by atoms with E-state index in [1.807, 2.05) is 0 Å². The van der Waals surface area contributed by atoms with Gasteiger partial charge in [-0.2, -0.15) is 0 Å². The fourth-order valence-electron chi connectivity index (χ4n) is 3.88. The molecule has 0 unspecified atom stereocenters. The minimum atomic E-state index is 0.780. The molecule has 7 heteroatoms. The van der Waals surface area contributed by atoms with Crippen LogP contribution in [0.5, 0.6) is 0 Å². The number of benzene rings is 1. The average Bonchev–Trinajstić information content (AvgIpc) is 2.80. The number of aromatic nitrogens is 2. The summed E-state index contributed by atoms with van der Waals surface area (Å²) in [6, 6.07) is 12.8. The molecule has 0 saturated carbocycles. The predicted octanol–water partition coefficient (Wildman–Crippen LogP) is 1.52. The molecule has 166 valence electrons. The zero-order valence-corrected chi connectivity index (χ0v) is 18.3. The van der Waals surface area contributed by atoms with Gasteiger partial charge in [-0.25, -0.2) is 9.97 Å². The van der Waals surface area contributed by atoms with Crippen LogP contribution in [-0.4, -0.2) is 62.3 Å². The molecule has 4 rings (SSSR count). The number of rotatable bonds is 0. The molecule has 4 bridgehead atoms. The number of hydrogen-bond acceptors (Lipinski definition) is 7. The third kappa shape index (κ3) is 6.66. The molecule has 1 aliphatic heterocycles. The SMILES string of the molecule is c1cc2ccc3ccc4nc3c2nc1CNCCCNCCNCCNCCCNC4. The third-order valence-corrected chi connectivity index (χ3v) is 5.62. The molecule has 0 saturated heterocycles. The van der Waals surface area contributed by atoms with Crippen molar-refractivity contribution in [2.45, 2.75) is 25.9 Å². The van der Waals surface area contributed by atoms with Crippen molar-refractivity contribution in [2.75, 3.05) is 52.4 Å². The van der Waals surface area contributed by atoms with Crippen LogP contribution in [0, 0.1) is 0 Å². The van der Waals surface area contributed by atoms with Crippen LogP contribution in [-0.2, 0) is 13.1 Å². The molecule has 3 heterocycles. The van der Waals surface area contributed by atoms with Gasteiger partial charge in [-0.05, 0) is 51.2 Å². The van der Waals surface area contributed by atoms with E-state index in [1.54, 1.807) is 0 Å². The van der Waals surface area contributed by atoms with Crippen LogP contribution in [0.4, 0.5) is 0 Å². The quantitative estimate of drug-likeness (QED) is 0.352. The molecule has 5 N–H and O–H groups in total. The lowest BCUT2D eigenvalue weighted by molar-refractivity contribution is 0.549. The number of nitrogens with zero attached hydrogens (tertiary/aromatic N) is 2. The van der Waals surface area contributed by atoms with Gasteiger partial charge >= 0.3 is 0 Å². The molecule has 0 aliphatic carbocycles. The second kappa shape index (κ2) is 12.0. The average molecular weight is 422 g/mol. The van der Waals surface area contributed by atoms with Crippen molar-refractivity contribution in [3.63, 3.8) is 0 Å². The van der Waals surface area contributed by atoms with Gasteiger partial charge in [0.15, 0.2) is 0 Å². The van der Waals surface area contributed by atoms with E-state index in [0.717, 1.165) is 111 Å². The second-order valence-corrected chi connectivity index (χ2v) is 8.12. The first-order valence-corrected chi connectivity index (χ1v) is 11.6. The summed E-state index contributed by atoms with van der Waals surface area (Å²) >= 11 is 0. The zero-order valence-electron chi connectivity index (χ0n) is 18.3. The highest BCUT2D eigenvalue weighted by Crippen LogP contribution is 2.23. The van der Waals surface area contributed by atoms with E-state index in [1.165, 1.54) is 0 Å². The normalized spacial score (nSPS) is 18.7. The Kier molecular flexibility index (Phi) is 8.55. The van der Waals surface area contributed by atoms with Gasteiger partial charge < -0.3 is 26.6 Å². The molecule has 0 atom stereocenters. The summed E-state index contributed by atoms with van der Waals surface area (Å²) in [6.45, 7) is 9.63. The van der Waals surface area contributed by atoms with Crippen molar-refractivity contribution in [2.24, 2.45) is 0 Å². The highest BCUT2D eigenvalue weighted by atomic mass is 15.0. The lowest BCUT2D eigenvalue weighted by Crippen LogP contribution is -2.34. The van der Waals surface area contributed by atoms with Gasteiger partial charge in [-0.15, -0.1) is 0 Å². The zero-order chi connectivity index (χ0) is 21.1. The van der Waals surface area contributed by atoms with Gasteiger partial charge in [-0.1, -0.05) is 24.3 Å². The topological polar surface area (TPSA) is 85.9 Å². The predicted molar refractivity (Wildman–Crippen MR) is 128 cm³/mol. The Morgan fingerprint density at radius 2 is 0.839 bits per heavy atom. The fourth-order valence-corrected chi connectivity index (χ4v) is 3.88. The molecular formula is C24H35N7. The first kappa shape index (κ1) is 22.0. The van der Waals surface area contributed by atoms with Crippen molar-refractivity contribution in [3.8, 4) is 0 Å². The van der Waals surface area contributed by atoms with Crippen molar-refractivity contribution >= 4 is 21.8 Å². The van der Waals surface area contributed by atoms with Crippen LogP contribution in [0.3, 0.4) is 0 Å². The Morgan fingerprint density at radius 3 is 1.32 bits per heavy atom. The van der Waals surface area contributed by atoms with Gasteiger partial charge in [0, 0.05) is 50.0 Å². The second-order valence-electron chi connectivity index (χ2n) is 8.12. The molecule has 0 radical (unpaired) electrons. The molecule has 1 aliphatic rings. The molecule has 0 fully saturated rings. The summed E-state index contributed by atoms with van der Waals surface area (Å²) in [5, 5.41) is 19.8. The summed E-state index contributed by atoms with van der Waals surface area (Å²) < 4.78 is 0. The van der Waals surface area contributed by atoms with Gasteiger partial charge in [0.1, 0.15) is 0 Å². The van der Waals surface area contributed by atoms with Gasteiger partial charge in [-0.3, -0.25) is 0 Å². The standard InChI is InChI=1S/C24H35N7/c1-9-25-13-15-27-16-14-26-10-2-12-29-18-22-8-6-20-4-3-19-5-7-21(17-28-11-1)30-23(19)24(20)31-22/h3-8,25-29H,1-2,9-18H2. The van der Waals surface area contributed by atoms with E-state index < -0.39 is 0 Å². The Morgan fingerprint density at radius 1 is 0.452 bits per heavy atom.